The zero-order chi connectivity index (χ0) is 31.2. The molecule has 0 bridgehead atoms. The van der Waals surface area contributed by atoms with Crippen LogP contribution in [0, 0.1) is 50.4 Å². The van der Waals surface area contributed by atoms with E-state index >= 15 is 0 Å². The van der Waals surface area contributed by atoms with Crippen molar-refractivity contribution < 1.29 is 0 Å². The third-order valence-electron chi connectivity index (χ3n) is 8.32. The molecule has 0 saturated heterocycles. The third-order valence-corrected chi connectivity index (χ3v) is 8.32. The molecule has 0 N–H and O–H groups in total. The molecule has 214 valence electrons. The number of aryl methyl sites for hydroxylation is 4. The molecule has 7 aromatic rings. The highest BCUT2D eigenvalue weighted by atomic mass is 15.0. The van der Waals surface area contributed by atoms with Crippen LogP contribution in [0.5, 0.6) is 0 Å². The fourth-order valence-corrected chi connectivity index (χ4v) is 6.45. The Hall–Kier alpha value is -6.04. The summed E-state index contributed by atoms with van der Waals surface area (Å²) in [6, 6.07) is 36.8. The first-order valence-corrected chi connectivity index (χ1v) is 14.8. The van der Waals surface area contributed by atoms with Gasteiger partial charge in [0.1, 0.15) is 12.1 Å². The van der Waals surface area contributed by atoms with Gasteiger partial charge in [0.15, 0.2) is 0 Å². The molecule has 0 fully saturated rings. The van der Waals surface area contributed by atoms with Crippen molar-refractivity contribution in [3.05, 3.63) is 137 Å². The molecule has 5 heteroatoms. The number of hydrogen-bond donors (Lipinski definition) is 0. The summed E-state index contributed by atoms with van der Waals surface area (Å²) in [7, 11) is 0. The van der Waals surface area contributed by atoms with E-state index < -0.39 is 0 Å². The Kier molecular flexibility index (Phi) is 6.73. The van der Waals surface area contributed by atoms with E-state index in [1.807, 2.05) is 24.3 Å². The summed E-state index contributed by atoms with van der Waals surface area (Å²) in [6.07, 6.45) is 3.24. The van der Waals surface area contributed by atoms with Gasteiger partial charge in [0.2, 0.25) is 5.82 Å². The van der Waals surface area contributed by atoms with Crippen molar-refractivity contribution in [2.45, 2.75) is 27.7 Å². The van der Waals surface area contributed by atoms with E-state index in [1.165, 1.54) is 33.4 Å². The second-order valence-corrected chi connectivity index (χ2v) is 11.8. The highest BCUT2D eigenvalue weighted by Crippen LogP contribution is 2.38. The average Bonchev–Trinajstić information content (AvgIpc) is 3.36. The van der Waals surface area contributed by atoms with E-state index in [0.29, 0.717) is 5.56 Å². The Morgan fingerprint density at radius 1 is 0.489 bits per heavy atom. The minimum absolute atomic E-state index is 0.111. The number of benzene rings is 5. The van der Waals surface area contributed by atoms with Crippen LogP contribution in [0.1, 0.15) is 33.6 Å². The van der Waals surface area contributed by atoms with Crippen molar-refractivity contribution in [2.75, 3.05) is 0 Å². The first kappa shape index (κ1) is 27.8. The molecule has 0 aliphatic rings. The summed E-state index contributed by atoms with van der Waals surface area (Å²) in [5, 5.41) is 21.8. The predicted molar refractivity (Wildman–Crippen MR) is 181 cm³/mol. The molecule has 0 atom stereocenters. The number of rotatable bonds is 4. The van der Waals surface area contributed by atoms with E-state index in [2.05, 4.69) is 121 Å². The maximum absolute atomic E-state index is 10.5. The average molecular weight is 580 g/mol. The van der Waals surface area contributed by atoms with Gasteiger partial charge in [0, 0.05) is 28.7 Å². The fourth-order valence-electron chi connectivity index (χ4n) is 6.45. The van der Waals surface area contributed by atoms with Crippen LogP contribution < -0.4 is 0 Å². The monoisotopic (exact) mass is 579 g/mol. The third kappa shape index (κ3) is 5.01. The lowest BCUT2D eigenvalue weighted by atomic mass is 9.98. The normalized spacial score (nSPS) is 11.1. The highest BCUT2D eigenvalue weighted by Gasteiger charge is 2.18. The van der Waals surface area contributed by atoms with E-state index in [1.54, 1.807) is 12.4 Å². The first-order chi connectivity index (χ1) is 21.8. The molecule has 0 radical (unpaired) electrons. The van der Waals surface area contributed by atoms with Gasteiger partial charge < -0.3 is 4.57 Å². The Balaban J connectivity index is 1.50. The standard InChI is InChI=1S/C40H29N5/c1-24-11-25(2)14-31(13-24)29-5-8-35-36-9-6-30(32-15-26(3)12-27(4)16-32)19-39(36)45(38(35)18-29)37-10-7-28(17-33(37)20-41)34-22-43-40(21-42)44-23-34/h5-19,22-23H,1-4H3. The van der Waals surface area contributed by atoms with Crippen molar-refractivity contribution in [1.29, 1.82) is 10.5 Å². The molecular weight excluding hydrogens is 550 g/mol. The van der Waals surface area contributed by atoms with Crippen LogP contribution in [-0.2, 0) is 0 Å². The summed E-state index contributed by atoms with van der Waals surface area (Å²) in [6.45, 7) is 8.50. The zero-order valence-electron chi connectivity index (χ0n) is 25.6. The summed E-state index contributed by atoms with van der Waals surface area (Å²) in [4.78, 5) is 8.25. The minimum Gasteiger partial charge on any atom is -0.308 e. The molecule has 7 rings (SSSR count). The van der Waals surface area contributed by atoms with Gasteiger partial charge in [0.05, 0.1) is 22.3 Å². The second-order valence-electron chi connectivity index (χ2n) is 11.8. The predicted octanol–water partition coefficient (Wildman–Crippen LogP) is 9.55. The molecule has 5 nitrogen and oxygen atoms in total. The fraction of sp³-hybridized carbons (Fsp3) is 0.100. The van der Waals surface area contributed by atoms with Crippen LogP contribution in [0.15, 0.2) is 103 Å². The largest absolute Gasteiger partial charge is 0.308 e. The molecule has 0 spiro atoms. The lowest BCUT2D eigenvalue weighted by molar-refractivity contribution is 1.11. The summed E-state index contributed by atoms with van der Waals surface area (Å²) < 4.78 is 2.22. The van der Waals surface area contributed by atoms with Crippen LogP contribution >= 0.6 is 0 Å². The maximum atomic E-state index is 10.5. The van der Waals surface area contributed by atoms with E-state index in [4.69, 9.17) is 5.26 Å². The molecule has 2 aromatic heterocycles. The lowest BCUT2D eigenvalue weighted by Crippen LogP contribution is -1.99. The minimum atomic E-state index is 0.111. The van der Waals surface area contributed by atoms with Crippen LogP contribution in [0.2, 0.25) is 0 Å². The van der Waals surface area contributed by atoms with E-state index in [0.717, 1.165) is 49.7 Å². The summed E-state index contributed by atoms with van der Waals surface area (Å²) >= 11 is 0. The van der Waals surface area contributed by atoms with Gasteiger partial charge in [0.25, 0.3) is 0 Å². The van der Waals surface area contributed by atoms with Gasteiger partial charge in [-0.3, -0.25) is 0 Å². The van der Waals surface area contributed by atoms with Gasteiger partial charge in [-0.25, -0.2) is 9.97 Å². The Bertz CT molecular complexity index is 2230. The Morgan fingerprint density at radius 3 is 1.42 bits per heavy atom. The topological polar surface area (TPSA) is 78.3 Å². The van der Waals surface area contributed by atoms with Gasteiger partial charge in [-0.2, -0.15) is 10.5 Å². The number of hydrogen-bond acceptors (Lipinski definition) is 4. The molecular formula is C40H29N5. The molecule has 5 aromatic carbocycles. The Morgan fingerprint density at radius 2 is 0.956 bits per heavy atom. The van der Waals surface area contributed by atoms with E-state index in [-0.39, 0.29) is 5.82 Å². The molecule has 2 heterocycles. The summed E-state index contributed by atoms with van der Waals surface area (Å²) in [5.41, 5.74) is 14.4. The van der Waals surface area contributed by atoms with Crippen molar-refractivity contribution in [3.8, 4) is 51.2 Å². The highest BCUT2D eigenvalue weighted by molar-refractivity contribution is 6.11. The maximum Gasteiger partial charge on any atom is 0.232 e. The van der Waals surface area contributed by atoms with Crippen molar-refractivity contribution in [1.82, 2.24) is 14.5 Å². The van der Waals surface area contributed by atoms with Gasteiger partial charge in [-0.1, -0.05) is 89.0 Å². The smallest absolute Gasteiger partial charge is 0.232 e. The molecule has 0 unspecified atom stereocenters. The molecule has 0 aliphatic carbocycles. The Labute approximate surface area is 262 Å². The van der Waals surface area contributed by atoms with Gasteiger partial charge in [-0.05, 0) is 79.8 Å². The lowest BCUT2D eigenvalue weighted by Gasteiger charge is -2.13. The molecule has 0 amide bonds. The van der Waals surface area contributed by atoms with Gasteiger partial charge in [-0.15, -0.1) is 0 Å². The number of aromatic nitrogens is 3. The zero-order valence-corrected chi connectivity index (χ0v) is 25.6. The second kappa shape index (κ2) is 10.9. The van der Waals surface area contributed by atoms with Crippen LogP contribution in [-0.4, -0.2) is 14.5 Å². The van der Waals surface area contributed by atoms with Crippen LogP contribution in [0.3, 0.4) is 0 Å². The first-order valence-electron chi connectivity index (χ1n) is 14.8. The van der Waals surface area contributed by atoms with Crippen molar-refractivity contribution in [3.63, 3.8) is 0 Å². The number of nitriles is 2. The van der Waals surface area contributed by atoms with Crippen molar-refractivity contribution in [2.24, 2.45) is 0 Å². The molecule has 45 heavy (non-hydrogen) atoms. The van der Waals surface area contributed by atoms with Crippen LogP contribution in [0.25, 0.3) is 60.9 Å². The van der Waals surface area contributed by atoms with E-state index in [9.17, 15) is 5.26 Å². The number of nitrogens with zero attached hydrogens (tertiary/aromatic N) is 5. The van der Waals surface area contributed by atoms with Crippen LogP contribution in [0.4, 0.5) is 0 Å². The number of fused-ring (bicyclic) bond motifs is 3. The SMILES string of the molecule is Cc1cc(C)cc(-c2ccc3c4ccc(-c5cc(C)cc(C)c5)cc4n(-c4ccc(-c5cnc(C#N)nc5)cc4C#N)c3c2)c1. The molecule has 0 aliphatic heterocycles. The molecule has 0 saturated carbocycles. The summed E-state index contributed by atoms with van der Waals surface area (Å²) in [5.74, 6) is 0.111. The quantitative estimate of drug-likeness (QED) is 0.208. The van der Waals surface area contributed by atoms with Gasteiger partial charge >= 0.3 is 0 Å². The van der Waals surface area contributed by atoms with Crippen molar-refractivity contribution >= 4 is 21.8 Å².